The number of nitrogens with two attached hydrogens (primary N) is 2. The van der Waals surface area contributed by atoms with Crippen molar-refractivity contribution in [2.75, 3.05) is 12.8 Å². The summed E-state index contributed by atoms with van der Waals surface area (Å²) in [6.07, 6.45) is 0. The van der Waals surface area contributed by atoms with E-state index in [2.05, 4.69) is 18.4 Å². The summed E-state index contributed by atoms with van der Waals surface area (Å²) in [6.45, 7) is 4.10. The van der Waals surface area contributed by atoms with E-state index in [0.29, 0.717) is 5.69 Å². The summed E-state index contributed by atoms with van der Waals surface area (Å²) >= 11 is 0. The molecule has 2 rings (SSSR count). The van der Waals surface area contributed by atoms with E-state index in [1.807, 2.05) is 37.3 Å². The highest BCUT2D eigenvalue weighted by molar-refractivity contribution is 5.55. The number of aryl methyl sites for hydroxylation is 1. The van der Waals surface area contributed by atoms with Gasteiger partial charge >= 0.3 is 0 Å². The number of methoxy groups -OCH3 is 1. The van der Waals surface area contributed by atoms with Crippen molar-refractivity contribution >= 4 is 5.69 Å². The van der Waals surface area contributed by atoms with Gasteiger partial charge in [-0.3, -0.25) is 5.84 Å². The van der Waals surface area contributed by atoms with Crippen LogP contribution in [0.25, 0.3) is 0 Å². The number of hydrogen-bond donors (Lipinski definition) is 3. The van der Waals surface area contributed by atoms with Crippen molar-refractivity contribution in [2.45, 2.75) is 19.9 Å². The van der Waals surface area contributed by atoms with Crippen molar-refractivity contribution in [3.8, 4) is 5.75 Å². The molecule has 4 heteroatoms. The molecule has 0 heterocycles. The second-order valence-corrected chi connectivity index (χ2v) is 4.86. The van der Waals surface area contributed by atoms with Gasteiger partial charge in [0.05, 0.1) is 13.2 Å². The second-order valence-electron chi connectivity index (χ2n) is 4.86. The monoisotopic (exact) mass is 271 g/mol. The van der Waals surface area contributed by atoms with Crippen molar-refractivity contribution in [1.82, 2.24) is 5.43 Å². The lowest BCUT2D eigenvalue weighted by atomic mass is 9.94. The molecule has 0 spiro atoms. The minimum absolute atomic E-state index is 0.203. The first kappa shape index (κ1) is 14.4. The van der Waals surface area contributed by atoms with Crippen LogP contribution in [-0.4, -0.2) is 7.11 Å². The predicted molar refractivity (Wildman–Crippen MR) is 82.5 cm³/mol. The van der Waals surface area contributed by atoms with Gasteiger partial charge in [0, 0.05) is 11.3 Å². The highest BCUT2D eigenvalue weighted by Gasteiger charge is 2.20. The number of nitrogens with one attached hydrogen (secondary N) is 1. The molecule has 106 valence electrons. The van der Waals surface area contributed by atoms with Gasteiger partial charge in [-0.05, 0) is 36.6 Å². The average Bonchev–Trinajstić information content (AvgIpc) is 2.45. The summed E-state index contributed by atoms with van der Waals surface area (Å²) in [5.41, 5.74) is 13.8. The van der Waals surface area contributed by atoms with E-state index < -0.39 is 0 Å². The van der Waals surface area contributed by atoms with Crippen LogP contribution in [0.1, 0.15) is 28.3 Å². The van der Waals surface area contributed by atoms with Gasteiger partial charge in [-0.25, -0.2) is 5.43 Å². The molecular weight excluding hydrogens is 250 g/mol. The normalized spacial score (nSPS) is 12.2. The van der Waals surface area contributed by atoms with Gasteiger partial charge in [0.15, 0.2) is 0 Å². The van der Waals surface area contributed by atoms with Crippen LogP contribution in [0.5, 0.6) is 5.75 Å². The number of para-hydroxylation sites is 1. The molecule has 0 radical (unpaired) electrons. The van der Waals surface area contributed by atoms with Crippen molar-refractivity contribution in [1.29, 1.82) is 0 Å². The fourth-order valence-electron chi connectivity index (χ4n) is 2.43. The molecule has 0 aliphatic carbocycles. The Morgan fingerprint density at radius 2 is 1.75 bits per heavy atom. The summed E-state index contributed by atoms with van der Waals surface area (Å²) in [5.74, 6) is 6.60. The molecule has 0 aromatic heterocycles. The van der Waals surface area contributed by atoms with E-state index in [1.165, 1.54) is 5.56 Å². The zero-order valence-electron chi connectivity index (χ0n) is 12.1. The third-order valence-electron chi connectivity index (χ3n) is 3.70. The van der Waals surface area contributed by atoms with Crippen molar-refractivity contribution in [3.05, 3.63) is 58.7 Å². The van der Waals surface area contributed by atoms with Gasteiger partial charge in [-0.1, -0.05) is 30.3 Å². The van der Waals surface area contributed by atoms with Crippen LogP contribution < -0.4 is 21.7 Å². The van der Waals surface area contributed by atoms with Crippen molar-refractivity contribution in [2.24, 2.45) is 5.84 Å². The summed E-state index contributed by atoms with van der Waals surface area (Å²) in [4.78, 5) is 0. The van der Waals surface area contributed by atoms with E-state index in [4.69, 9.17) is 16.3 Å². The summed E-state index contributed by atoms with van der Waals surface area (Å²) in [6, 6.07) is 11.6. The van der Waals surface area contributed by atoms with Gasteiger partial charge in [0.25, 0.3) is 0 Å². The number of hydrazine groups is 1. The summed E-state index contributed by atoms with van der Waals surface area (Å²) in [5, 5.41) is 0. The molecular formula is C16H21N3O. The Morgan fingerprint density at radius 3 is 2.35 bits per heavy atom. The van der Waals surface area contributed by atoms with Crippen LogP contribution in [0.15, 0.2) is 36.4 Å². The van der Waals surface area contributed by atoms with Crippen LogP contribution in [0.4, 0.5) is 5.69 Å². The molecule has 20 heavy (non-hydrogen) atoms. The molecule has 0 bridgehead atoms. The van der Waals surface area contributed by atoms with E-state index in [0.717, 1.165) is 22.4 Å². The molecule has 1 atom stereocenters. The van der Waals surface area contributed by atoms with E-state index in [9.17, 15) is 0 Å². The van der Waals surface area contributed by atoms with Crippen LogP contribution >= 0.6 is 0 Å². The topological polar surface area (TPSA) is 73.3 Å². The Balaban J connectivity index is 2.59. The van der Waals surface area contributed by atoms with Gasteiger partial charge in [0.1, 0.15) is 5.75 Å². The maximum absolute atomic E-state index is 6.06. The average molecular weight is 271 g/mol. The number of benzene rings is 2. The fraction of sp³-hybridized carbons (Fsp3) is 0.250. The molecule has 5 N–H and O–H groups in total. The molecule has 0 aliphatic heterocycles. The minimum atomic E-state index is -0.203. The summed E-state index contributed by atoms with van der Waals surface area (Å²) in [7, 11) is 1.67. The fourth-order valence-corrected chi connectivity index (χ4v) is 2.43. The molecule has 0 amide bonds. The maximum Gasteiger partial charge on any atom is 0.127 e. The zero-order valence-corrected chi connectivity index (χ0v) is 12.1. The molecule has 0 saturated carbocycles. The smallest absolute Gasteiger partial charge is 0.127 e. The van der Waals surface area contributed by atoms with Gasteiger partial charge < -0.3 is 10.5 Å². The van der Waals surface area contributed by atoms with E-state index in [-0.39, 0.29) is 6.04 Å². The number of nitrogen functional groups attached to an aromatic ring is 1. The standard InChI is InChI=1S/C16H21N3O/c1-10-8-9-13(16(20-3)11(10)2)15(19-18)12-6-4-5-7-14(12)17/h4-9,15,19H,17-18H2,1-3H3. The molecule has 2 aromatic carbocycles. The number of rotatable bonds is 4. The Morgan fingerprint density at radius 1 is 1.05 bits per heavy atom. The van der Waals surface area contributed by atoms with Gasteiger partial charge in [-0.15, -0.1) is 0 Å². The molecule has 2 aromatic rings. The first-order valence-corrected chi connectivity index (χ1v) is 6.54. The number of hydrogen-bond acceptors (Lipinski definition) is 4. The van der Waals surface area contributed by atoms with Crippen LogP contribution in [0, 0.1) is 13.8 Å². The Hall–Kier alpha value is -2.04. The van der Waals surface area contributed by atoms with E-state index >= 15 is 0 Å². The SMILES string of the molecule is COc1c(C(NN)c2ccccc2N)ccc(C)c1C. The predicted octanol–water partition coefficient (Wildman–Crippen LogP) is 2.45. The minimum Gasteiger partial charge on any atom is -0.496 e. The van der Waals surface area contributed by atoms with Crippen molar-refractivity contribution in [3.63, 3.8) is 0 Å². The Labute approximate surface area is 119 Å². The largest absolute Gasteiger partial charge is 0.496 e. The lowest BCUT2D eigenvalue weighted by Crippen LogP contribution is -2.30. The molecule has 0 fully saturated rings. The first-order valence-electron chi connectivity index (χ1n) is 6.54. The van der Waals surface area contributed by atoms with Crippen LogP contribution in [0.2, 0.25) is 0 Å². The van der Waals surface area contributed by atoms with Crippen molar-refractivity contribution < 1.29 is 4.74 Å². The highest BCUT2D eigenvalue weighted by atomic mass is 16.5. The highest BCUT2D eigenvalue weighted by Crippen LogP contribution is 2.35. The Bertz CT molecular complexity index is 611. The second kappa shape index (κ2) is 5.94. The lowest BCUT2D eigenvalue weighted by Gasteiger charge is -2.22. The molecule has 0 saturated heterocycles. The molecule has 4 nitrogen and oxygen atoms in total. The Kier molecular flexibility index (Phi) is 4.27. The third-order valence-corrected chi connectivity index (χ3v) is 3.70. The molecule has 1 unspecified atom stereocenters. The van der Waals surface area contributed by atoms with Crippen LogP contribution in [-0.2, 0) is 0 Å². The van der Waals surface area contributed by atoms with E-state index in [1.54, 1.807) is 7.11 Å². The lowest BCUT2D eigenvalue weighted by molar-refractivity contribution is 0.401. The third kappa shape index (κ3) is 2.48. The van der Waals surface area contributed by atoms with Gasteiger partial charge in [-0.2, -0.15) is 0 Å². The maximum atomic E-state index is 6.06. The van der Waals surface area contributed by atoms with Gasteiger partial charge in [0.2, 0.25) is 0 Å². The van der Waals surface area contributed by atoms with Crippen LogP contribution in [0.3, 0.4) is 0 Å². The first-order chi connectivity index (χ1) is 9.60. The summed E-state index contributed by atoms with van der Waals surface area (Å²) < 4.78 is 5.56. The zero-order chi connectivity index (χ0) is 14.7. The number of anilines is 1. The quantitative estimate of drug-likeness (QED) is 0.454. The molecule has 0 aliphatic rings. The number of ether oxygens (including phenoxy) is 1.